The maximum Gasteiger partial charge on any atom is 0.333 e. The van der Waals surface area contributed by atoms with Gasteiger partial charge in [-0.1, -0.05) is 12.1 Å². The summed E-state index contributed by atoms with van der Waals surface area (Å²) in [5, 5.41) is 6.54. The molecular weight excluding hydrogens is 358 g/mol. The zero-order chi connectivity index (χ0) is 18.8. The fourth-order valence-electron chi connectivity index (χ4n) is 2.67. The van der Waals surface area contributed by atoms with Crippen LogP contribution in [0.5, 0.6) is 0 Å². The van der Waals surface area contributed by atoms with Crippen molar-refractivity contribution in [3.8, 4) is 11.1 Å². The van der Waals surface area contributed by atoms with Crippen LogP contribution in [0.4, 0.5) is 8.78 Å². The summed E-state index contributed by atoms with van der Waals surface area (Å²) in [4.78, 5) is 18.7. The molecule has 0 fully saturated rings. The molecule has 0 saturated carbocycles. The summed E-state index contributed by atoms with van der Waals surface area (Å²) in [5.74, 6) is -0.159. The third kappa shape index (κ3) is 3.50. The van der Waals surface area contributed by atoms with Gasteiger partial charge in [-0.2, -0.15) is 13.9 Å². The molecule has 5 nitrogen and oxygen atoms in total. The van der Waals surface area contributed by atoms with Gasteiger partial charge in [0.05, 0.1) is 11.7 Å². The highest BCUT2D eigenvalue weighted by Gasteiger charge is 2.21. The van der Waals surface area contributed by atoms with Crippen molar-refractivity contribution < 1.29 is 13.6 Å². The van der Waals surface area contributed by atoms with Crippen LogP contribution in [-0.4, -0.2) is 32.6 Å². The van der Waals surface area contributed by atoms with Gasteiger partial charge in [0.1, 0.15) is 5.01 Å². The lowest BCUT2D eigenvalue weighted by Crippen LogP contribution is -2.29. The van der Waals surface area contributed by atoms with Crippen molar-refractivity contribution in [2.24, 2.45) is 0 Å². The zero-order valence-electron chi connectivity index (χ0n) is 14.6. The second-order valence-corrected chi connectivity index (χ2v) is 6.86. The molecule has 136 valence electrons. The van der Waals surface area contributed by atoms with E-state index in [2.05, 4.69) is 10.1 Å². The average Bonchev–Trinajstić information content (AvgIpc) is 3.29. The second-order valence-electron chi connectivity index (χ2n) is 5.93. The van der Waals surface area contributed by atoms with Gasteiger partial charge < -0.3 is 4.90 Å². The maximum atomic E-state index is 12.8. The minimum absolute atomic E-state index is 0.158. The largest absolute Gasteiger partial charge is 0.333 e. The zero-order valence-corrected chi connectivity index (χ0v) is 15.4. The Morgan fingerprint density at radius 1 is 1.35 bits per heavy atom. The number of amides is 1. The summed E-state index contributed by atoms with van der Waals surface area (Å²) in [6.45, 7) is 0.883. The molecule has 0 N–H and O–H groups in total. The fraction of sp³-hybridized carbons (Fsp3) is 0.278. The molecule has 0 aliphatic rings. The van der Waals surface area contributed by atoms with Gasteiger partial charge in [-0.25, -0.2) is 9.67 Å². The number of hydrogen-bond acceptors (Lipinski definition) is 4. The van der Waals surface area contributed by atoms with Crippen molar-refractivity contribution in [2.75, 3.05) is 7.05 Å². The number of carbonyl (C=O) groups excluding carboxylic acids is 1. The van der Waals surface area contributed by atoms with Crippen LogP contribution in [0.2, 0.25) is 0 Å². The summed E-state index contributed by atoms with van der Waals surface area (Å²) in [5.41, 5.74) is 2.23. The molecular formula is C18H18F2N4OS. The van der Waals surface area contributed by atoms with E-state index in [0.717, 1.165) is 5.01 Å². The molecule has 0 aliphatic carbocycles. The molecule has 8 heteroatoms. The van der Waals surface area contributed by atoms with Gasteiger partial charge in [-0.3, -0.25) is 4.79 Å². The predicted octanol–water partition coefficient (Wildman–Crippen LogP) is 4.54. The second kappa shape index (κ2) is 7.33. The van der Waals surface area contributed by atoms with Crippen LogP contribution in [-0.2, 0) is 0 Å². The van der Waals surface area contributed by atoms with Crippen molar-refractivity contribution >= 4 is 17.2 Å². The number of thiazole rings is 1. The highest BCUT2D eigenvalue weighted by atomic mass is 32.1. The van der Waals surface area contributed by atoms with E-state index in [-0.39, 0.29) is 11.9 Å². The molecule has 0 bridgehead atoms. The number of benzene rings is 1. The molecule has 0 saturated heterocycles. The fourth-order valence-corrected chi connectivity index (χ4v) is 3.41. The number of aromatic nitrogens is 3. The Bertz CT molecular complexity index is 908. The Hall–Kier alpha value is -2.61. The normalized spacial score (nSPS) is 12.4. The molecule has 0 radical (unpaired) electrons. The van der Waals surface area contributed by atoms with Crippen molar-refractivity contribution in [1.29, 1.82) is 0 Å². The molecule has 0 unspecified atom stereocenters. The highest BCUT2D eigenvalue weighted by molar-refractivity contribution is 7.09. The smallest absolute Gasteiger partial charge is 0.333 e. The lowest BCUT2D eigenvalue weighted by atomic mass is 10.0. The van der Waals surface area contributed by atoms with E-state index >= 15 is 0 Å². The van der Waals surface area contributed by atoms with Gasteiger partial charge in [0.2, 0.25) is 0 Å². The number of hydrogen-bond donors (Lipinski definition) is 0. The lowest BCUT2D eigenvalue weighted by molar-refractivity contribution is 0.0563. The first-order chi connectivity index (χ1) is 12.4. The van der Waals surface area contributed by atoms with E-state index in [0.29, 0.717) is 27.1 Å². The summed E-state index contributed by atoms with van der Waals surface area (Å²) >= 11 is 1.49. The van der Waals surface area contributed by atoms with E-state index in [1.807, 2.05) is 12.3 Å². The average molecular weight is 376 g/mol. The maximum absolute atomic E-state index is 12.8. The first-order valence-corrected chi connectivity index (χ1v) is 8.87. The van der Waals surface area contributed by atoms with Crippen LogP contribution in [0, 0.1) is 6.92 Å². The third-order valence-electron chi connectivity index (χ3n) is 4.25. The summed E-state index contributed by atoms with van der Waals surface area (Å²) in [7, 11) is 1.72. The number of nitrogens with zero attached hydrogens (tertiary/aromatic N) is 4. The Morgan fingerprint density at radius 2 is 2.12 bits per heavy atom. The van der Waals surface area contributed by atoms with E-state index < -0.39 is 6.55 Å². The van der Waals surface area contributed by atoms with Crippen LogP contribution < -0.4 is 0 Å². The quantitative estimate of drug-likeness (QED) is 0.657. The highest BCUT2D eigenvalue weighted by Crippen LogP contribution is 2.27. The Labute approximate surface area is 153 Å². The number of rotatable bonds is 5. The van der Waals surface area contributed by atoms with Gasteiger partial charge in [0.25, 0.3) is 5.91 Å². The molecule has 1 amide bonds. The minimum Gasteiger partial charge on any atom is -0.333 e. The molecule has 2 aromatic heterocycles. The number of carbonyl (C=O) groups is 1. The van der Waals surface area contributed by atoms with Crippen molar-refractivity contribution in [1.82, 2.24) is 19.7 Å². The predicted molar refractivity (Wildman–Crippen MR) is 96.3 cm³/mol. The molecule has 1 aromatic carbocycles. The summed E-state index contributed by atoms with van der Waals surface area (Å²) in [6, 6.07) is 6.77. The standard InChI is InChI=1S/C18H18F2N4OS/c1-11-15(10-24(22-11)18(19)20)13-5-4-6-14(9-13)17(25)23(3)12(2)16-21-7-8-26-16/h4-10,12,18H,1-3H3/t12-/m0/s1. The topological polar surface area (TPSA) is 51.0 Å². The number of alkyl halides is 2. The third-order valence-corrected chi connectivity index (χ3v) is 5.19. The monoisotopic (exact) mass is 376 g/mol. The molecule has 1 atom stereocenters. The molecule has 3 aromatic rings. The van der Waals surface area contributed by atoms with Crippen LogP contribution in [0.1, 0.15) is 40.6 Å². The van der Waals surface area contributed by atoms with Crippen LogP contribution in [0.3, 0.4) is 0 Å². The minimum atomic E-state index is -2.70. The molecule has 2 heterocycles. The van der Waals surface area contributed by atoms with Gasteiger partial charge in [0, 0.05) is 35.9 Å². The van der Waals surface area contributed by atoms with Gasteiger partial charge in [-0.15, -0.1) is 11.3 Å². The first kappa shape index (κ1) is 18.2. The SMILES string of the molecule is Cc1nn(C(F)F)cc1-c1cccc(C(=O)N(C)[C@@H](C)c2nccs2)c1. The van der Waals surface area contributed by atoms with Crippen LogP contribution in [0.15, 0.2) is 42.0 Å². The Kier molecular flexibility index (Phi) is 5.13. The van der Waals surface area contributed by atoms with E-state index in [1.165, 1.54) is 17.5 Å². The number of aryl methyl sites for hydroxylation is 1. The summed E-state index contributed by atoms with van der Waals surface area (Å²) < 4.78 is 26.3. The molecule has 26 heavy (non-hydrogen) atoms. The van der Waals surface area contributed by atoms with E-state index in [4.69, 9.17) is 0 Å². The number of halogens is 2. The van der Waals surface area contributed by atoms with E-state index in [1.54, 1.807) is 49.3 Å². The van der Waals surface area contributed by atoms with Crippen LogP contribution in [0.25, 0.3) is 11.1 Å². The molecule has 3 rings (SSSR count). The first-order valence-electron chi connectivity index (χ1n) is 7.99. The van der Waals surface area contributed by atoms with E-state index in [9.17, 15) is 13.6 Å². The van der Waals surface area contributed by atoms with Crippen molar-refractivity contribution in [3.05, 3.63) is 58.3 Å². The van der Waals surface area contributed by atoms with Gasteiger partial charge >= 0.3 is 6.55 Å². The van der Waals surface area contributed by atoms with Gasteiger partial charge in [-0.05, 0) is 31.5 Å². The molecule has 0 spiro atoms. The Balaban J connectivity index is 1.88. The lowest BCUT2D eigenvalue weighted by Gasteiger charge is -2.23. The van der Waals surface area contributed by atoms with Crippen molar-refractivity contribution in [2.45, 2.75) is 26.4 Å². The van der Waals surface area contributed by atoms with Crippen molar-refractivity contribution in [3.63, 3.8) is 0 Å². The Morgan fingerprint density at radius 3 is 2.73 bits per heavy atom. The van der Waals surface area contributed by atoms with Gasteiger partial charge in [0.15, 0.2) is 0 Å². The molecule has 0 aliphatic heterocycles. The summed E-state index contributed by atoms with van der Waals surface area (Å²) in [6.07, 6.45) is 3.00. The van der Waals surface area contributed by atoms with Crippen LogP contribution >= 0.6 is 11.3 Å².